The molecule has 0 saturated carbocycles. The van der Waals surface area contributed by atoms with Gasteiger partial charge >= 0.3 is 0 Å². The van der Waals surface area contributed by atoms with Crippen molar-refractivity contribution in [2.75, 3.05) is 0 Å². The van der Waals surface area contributed by atoms with Gasteiger partial charge in [0.15, 0.2) is 17.3 Å². The Morgan fingerprint density at radius 2 is 2.28 bits per heavy atom. The Morgan fingerprint density at radius 3 is 2.83 bits per heavy atom. The molecule has 0 radical (unpaired) electrons. The van der Waals surface area contributed by atoms with Crippen molar-refractivity contribution in [3.05, 3.63) is 42.0 Å². The van der Waals surface area contributed by atoms with Crippen molar-refractivity contribution in [1.82, 2.24) is 9.78 Å². The van der Waals surface area contributed by atoms with E-state index in [0.717, 1.165) is 12.1 Å². The van der Waals surface area contributed by atoms with Gasteiger partial charge in [-0.25, -0.2) is 4.39 Å². The molecule has 0 aliphatic carbocycles. The standard InChI is InChI=1S/C13H16FN3O/c1-3-17-8-11(7-16-17)18-13-5-4-10(9(2)15)6-12(13)14/h4-9H,3,15H2,1-2H3/t9-/m1/s1. The summed E-state index contributed by atoms with van der Waals surface area (Å²) in [6, 6.07) is 4.53. The number of rotatable bonds is 4. The lowest BCUT2D eigenvalue weighted by atomic mass is 10.1. The van der Waals surface area contributed by atoms with E-state index in [1.165, 1.54) is 6.07 Å². The summed E-state index contributed by atoms with van der Waals surface area (Å²) in [5.41, 5.74) is 6.43. The quantitative estimate of drug-likeness (QED) is 0.906. The first-order chi connectivity index (χ1) is 8.60. The molecule has 0 spiro atoms. The van der Waals surface area contributed by atoms with Crippen molar-refractivity contribution in [3.8, 4) is 11.5 Å². The number of benzene rings is 1. The minimum atomic E-state index is -0.422. The molecule has 0 fully saturated rings. The molecule has 0 saturated heterocycles. The Bertz CT molecular complexity index is 537. The molecule has 0 aliphatic rings. The lowest BCUT2D eigenvalue weighted by Crippen LogP contribution is -2.05. The zero-order chi connectivity index (χ0) is 13.1. The van der Waals surface area contributed by atoms with E-state index in [9.17, 15) is 4.39 Å². The smallest absolute Gasteiger partial charge is 0.166 e. The SMILES string of the molecule is CCn1cc(Oc2ccc([C@@H](C)N)cc2F)cn1. The fourth-order valence-electron chi connectivity index (χ4n) is 1.58. The van der Waals surface area contributed by atoms with Gasteiger partial charge in [0.25, 0.3) is 0 Å². The maximum atomic E-state index is 13.8. The summed E-state index contributed by atoms with van der Waals surface area (Å²) in [4.78, 5) is 0. The van der Waals surface area contributed by atoms with Gasteiger partial charge in [-0.05, 0) is 31.5 Å². The van der Waals surface area contributed by atoms with Crippen molar-refractivity contribution >= 4 is 0 Å². The number of aryl methyl sites for hydroxylation is 1. The molecular weight excluding hydrogens is 233 g/mol. The van der Waals surface area contributed by atoms with Gasteiger partial charge in [-0.15, -0.1) is 0 Å². The lowest BCUT2D eigenvalue weighted by molar-refractivity contribution is 0.440. The third-order valence-corrected chi connectivity index (χ3v) is 2.64. The highest BCUT2D eigenvalue weighted by Gasteiger charge is 2.09. The maximum absolute atomic E-state index is 13.8. The Hall–Kier alpha value is -1.88. The molecule has 0 bridgehead atoms. The van der Waals surface area contributed by atoms with Crippen molar-refractivity contribution in [2.45, 2.75) is 26.4 Å². The minimum absolute atomic E-state index is 0.176. The van der Waals surface area contributed by atoms with Crippen LogP contribution >= 0.6 is 0 Å². The number of nitrogens with two attached hydrogens (primary N) is 1. The second-order valence-corrected chi connectivity index (χ2v) is 4.11. The number of halogens is 1. The summed E-state index contributed by atoms with van der Waals surface area (Å²) in [5, 5.41) is 4.06. The first-order valence-corrected chi connectivity index (χ1v) is 5.85. The molecule has 1 atom stereocenters. The van der Waals surface area contributed by atoms with E-state index in [1.807, 2.05) is 6.92 Å². The van der Waals surface area contributed by atoms with Gasteiger partial charge in [0.1, 0.15) is 0 Å². The zero-order valence-electron chi connectivity index (χ0n) is 10.4. The Kier molecular flexibility index (Phi) is 3.62. The Labute approximate surface area is 105 Å². The van der Waals surface area contributed by atoms with E-state index < -0.39 is 5.82 Å². The number of aromatic nitrogens is 2. The summed E-state index contributed by atoms with van der Waals surface area (Å²) in [7, 11) is 0. The van der Waals surface area contributed by atoms with Crippen molar-refractivity contribution in [3.63, 3.8) is 0 Å². The van der Waals surface area contributed by atoms with E-state index in [4.69, 9.17) is 10.5 Å². The van der Waals surface area contributed by atoms with Gasteiger partial charge in [-0.3, -0.25) is 4.68 Å². The van der Waals surface area contributed by atoms with Gasteiger partial charge in [-0.2, -0.15) is 5.10 Å². The second-order valence-electron chi connectivity index (χ2n) is 4.11. The topological polar surface area (TPSA) is 53.1 Å². The van der Waals surface area contributed by atoms with Crippen LogP contribution in [-0.2, 0) is 6.54 Å². The number of ether oxygens (including phenoxy) is 1. The lowest BCUT2D eigenvalue weighted by Gasteiger charge is -2.08. The highest BCUT2D eigenvalue weighted by atomic mass is 19.1. The second kappa shape index (κ2) is 5.18. The maximum Gasteiger partial charge on any atom is 0.166 e. The minimum Gasteiger partial charge on any atom is -0.451 e. The molecule has 4 nitrogen and oxygen atoms in total. The molecule has 1 heterocycles. The van der Waals surface area contributed by atoms with Crippen LogP contribution in [0, 0.1) is 5.82 Å². The van der Waals surface area contributed by atoms with Crippen LogP contribution in [0.4, 0.5) is 4.39 Å². The van der Waals surface area contributed by atoms with Crippen LogP contribution < -0.4 is 10.5 Å². The zero-order valence-corrected chi connectivity index (χ0v) is 10.4. The third kappa shape index (κ3) is 2.68. The van der Waals surface area contributed by atoms with E-state index in [-0.39, 0.29) is 11.8 Å². The number of nitrogens with zero attached hydrogens (tertiary/aromatic N) is 2. The van der Waals surface area contributed by atoms with Crippen LogP contribution in [0.2, 0.25) is 0 Å². The summed E-state index contributed by atoms with van der Waals surface area (Å²) in [6.07, 6.45) is 3.28. The fourth-order valence-corrected chi connectivity index (χ4v) is 1.58. The Balaban J connectivity index is 2.19. The highest BCUT2D eigenvalue weighted by molar-refractivity contribution is 5.33. The van der Waals surface area contributed by atoms with E-state index in [0.29, 0.717) is 5.75 Å². The molecule has 0 aliphatic heterocycles. The molecule has 96 valence electrons. The van der Waals surface area contributed by atoms with Crippen molar-refractivity contribution in [1.29, 1.82) is 0 Å². The van der Waals surface area contributed by atoms with Crippen LogP contribution in [0.3, 0.4) is 0 Å². The van der Waals surface area contributed by atoms with Crippen molar-refractivity contribution in [2.24, 2.45) is 5.73 Å². The van der Waals surface area contributed by atoms with E-state index in [2.05, 4.69) is 5.10 Å². The molecule has 1 aromatic carbocycles. The first kappa shape index (κ1) is 12.6. The van der Waals surface area contributed by atoms with Gasteiger partial charge in [0, 0.05) is 12.6 Å². The van der Waals surface area contributed by atoms with Crippen LogP contribution in [0.5, 0.6) is 11.5 Å². The average Bonchev–Trinajstić information content (AvgIpc) is 2.79. The van der Waals surface area contributed by atoms with Crippen LogP contribution in [0.15, 0.2) is 30.6 Å². The molecule has 18 heavy (non-hydrogen) atoms. The molecule has 2 rings (SSSR count). The molecule has 2 aromatic rings. The average molecular weight is 249 g/mol. The molecule has 2 N–H and O–H groups in total. The predicted octanol–water partition coefficient (Wildman–Crippen LogP) is 2.85. The molecule has 0 amide bonds. The van der Waals surface area contributed by atoms with E-state index in [1.54, 1.807) is 36.1 Å². The van der Waals surface area contributed by atoms with Gasteiger partial charge in [-0.1, -0.05) is 6.07 Å². The highest BCUT2D eigenvalue weighted by Crippen LogP contribution is 2.26. The van der Waals surface area contributed by atoms with Gasteiger partial charge in [0.2, 0.25) is 0 Å². The van der Waals surface area contributed by atoms with Crippen LogP contribution in [-0.4, -0.2) is 9.78 Å². The molecule has 1 aromatic heterocycles. The number of hydrogen-bond donors (Lipinski definition) is 1. The van der Waals surface area contributed by atoms with E-state index >= 15 is 0 Å². The summed E-state index contributed by atoms with van der Waals surface area (Å²) in [5.74, 6) is 0.272. The third-order valence-electron chi connectivity index (χ3n) is 2.64. The summed E-state index contributed by atoms with van der Waals surface area (Å²) < 4.78 is 20.9. The largest absolute Gasteiger partial charge is 0.451 e. The summed E-state index contributed by atoms with van der Waals surface area (Å²) >= 11 is 0. The monoisotopic (exact) mass is 249 g/mol. The molecule has 5 heteroatoms. The first-order valence-electron chi connectivity index (χ1n) is 5.85. The molecular formula is C13H16FN3O. The summed E-state index contributed by atoms with van der Waals surface area (Å²) in [6.45, 7) is 4.52. The van der Waals surface area contributed by atoms with Crippen molar-refractivity contribution < 1.29 is 9.13 Å². The fraction of sp³-hybridized carbons (Fsp3) is 0.308. The Morgan fingerprint density at radius 1 is 1.50 bits per heavy atom. The normalized spacial score (nSPS) is 12.4. The molecule has 0 unspecified atom stereocenters. The predicted molar refractivity (Wildman–Crippen MR) is 67.0 cm³/mol. The van der Waals surface area contributed by atoms with Gasteiger partial charge < -0.3 is 10.5 Å². The number of hydrogen-bond acceptors (Lipinski definition) is 3. The van der Waals surface area contributed by atoms with Crippen LogP contribution in [0.25, 0.3) is 0 Å². The van der Waals surface area contributed by atoms with Crippen LogP contribution in [0.1, 0.15) is 25.5 Å². The van der Waals surface area contributed by atoms with Gasteiger partial charge in [0.05, 0.1) is 12.4 Å².